The first-order chi connectivity index (χ1) is 10.1. The van der Waals surface area contributed by atoms with Gasteiger partial charge in [-0.2, -0.15) is 0 Å². The Labute approximate surface area is 123 Å². The van der Waals surface area contributed by atoms with Crippen LogP contribution in [0.1, 0.15) is 42.0 Å². The Hall–Kier alpha value is -2.20. The van der Waals surface area contributed by atoms with E-state index in [4.69, 9.17) is 5.73 Å². The van der Waals surface area contributed by atoms with Gasteiger partial charge in [0.05, 0.1) is 17.6 Å². The monoisotopic (exact) mass is 284 g/mol. The second-order valence-corrected chi connectivity index (χ2v) is 5.31. The third kappa shape index (κ3) is 2.32. The van der Waals surface area contributed by atoms with E-state index >= 15 is 0 Å². The predicted octanol–water partition coefficient (Wildman–Crippen LogP) is 3.32. The van der Waals surface area contributed by atoms with Crippen LogP contribution >= 0.6 is 0 Å². The van der Waals surface area contributed by atoms with Gasteiger partial charge in [0, 0.05) is 0 Å². The van der Waals surface area contributed by atoms with Crippen molar-refractivity contribution in [3.63, 3.8) is 0 Å². The highest BCUT2D eigenvalue weighted by Gasteiger charge is 2.32. The first-order valence-corrected chi connectivity index (χ1v) is 7.06. The summed E-state index contributed by atoms with van der Waals surface area (Å²) >= 11 is 0. The van der Waals surface area contributed by atoms with Crippen LogP contribution in [0.25, 0.3) is 0 Å². The molecule has 0 fully saturated rings. The molecule has 108 valence electrons. The van der Waals surface area contributed by atoms with Crippen molar-refractivity contribution >= 4 is 11.6 Å². The van der Waals surface area contributed by atoms with Gasteiger partial charge in [-0.05, 0) is 29.2 Å². The van der Waals surface area contributed by atoms with Crippen LogP contribution < -0.4 is 11.1 Å². The highest BCUT2D eigenvalue weighted by atomic mass is 19.1. The number of amides is 1. The predicted molar refractivity (Wildman–Crippen MR) is 80.5 cm³/mol. The van der Waals surface area contributed by atoms with Crippen LogP contribution in [0.2, 0.25) is 0 Å². The van der Waals surface area contributed by atoms with E-state index in [1.54, 1.807) is 0 Å². The smallest absolute Gasteiger partial charge is 0.232 e. The van der Waals surface area contributed by atoms with Gasteiger partial charge in [-0.15, -0.1) is 0 Å². The maximum atomic E-state index is 14.2. The van der Waals surface area contributed by atoms with E-state index in [0.717, 1.165) is 5.56 Å². The van der Waals surface area contributed by atoms with Gasteiger partial charge in [0.2, 0.25) is 5.91 Å². The van der Waals surface area contributed by atoms with E-state index in [1.165, 1.54) is 6.07 Å². The molecule has 0 aromatic heterocycles. The largest absolute Gasteiger partial charge is 0.323 e. The van der Waals surface area contributed by atoms with Crippen molar-refractivity contribution in [3.8, 4) is 0 Å². The van der Waals surface area contributed by atoms with Crippen LogP contribution in [0.15, 0.2) is 42.5 Å². The Bertz CT molecular complexity index is 685. The summed E-state index contributed by atoms with van der Waals surface area (Å²) in [7, 11) is 0. The quantitative estimate of drug-likeness (QED) is 0.908. The molecule has 2 aromatic rings. The minimum Gasteiger partial charge on any atom is -0.323 e. The van der Waals surface area contributed by atoms with Crippen molar-refractivity contribution in [2.24, 2.45) is 5.73 Å². The molecular weight excluding hydrogens is 267 g/mol. The number of halogens is 1. The number of carbonyl (C=O) groups is 1. The number of carbonyl (C=O) groups excluding carboxylic acids is 1. The fourth-order valence-electron chi connectivity index (χ4n) is 2.85. The zero-order chi connectivity index (χ0) is 15.0. The lowest BCUT2D eigenvalue weighted by atomic mass is 9.92. The second-order valence-electron chi connectivity index (χ2n) is 5.31. The maximum Gasteiger partial charge on any atom is 0.232 e. The number of benzene rings is 2. The molecule has 0 spiro atoms. The molecule has 0 saturated carbocycles. The lowest BCUT2D eigenvalue weighted by Crippen LogP contribution is -2.13. The fraction of sp³-hybridized carbons (Fsp3) is 0.235. The number of hydrogen-bond acceptors (Lipinski definition) is 2. The Morgan fingerprint density at radius 3 is 2.62 bits per heavy atom. The number of nitrogens with two attached hydrogens (primary N) is 1. The van der Waals surface area contributed by atoms with Gasteiger partial charge < -0.3 is 11.1 Å². The van der Waals surface area contributed by atoms with Gasteiger partial charge in [0.25, 0.3) is 0 Å². The molecule has 3 N–H and O–H groups in total. The first-order valence-electron chi connectivity index (χ1n) is 7.06. The molecular formula is C17H17FN2O. The van der Waals surface area contributed by atoms with Crippen LogP contribution in [0.4, 0.5) is 10.1 Å². The topological polar surface area (TPSA) is 55.1 Å². The molecule has 0 saturated heterocycles. The Morgan fingerprint density at radius 1 is 1.24 bits per heavy atom. The molecule has 0 radical (unpaired) electrons. The van der Waals surface area contributed by atoms with Crippen molar-refractivity contribution in [3.05, 3.63) is 65.0 Å². The Kier molecular flexibility index (Phi) is 3.47. The standard InChI is InChI=1S/C17H17FN2O/c1-2-12-13-8-11(9-14(18)16(13)20-17(12)21)15(19)10-6-4-3-5-7-10/h3-9,12,15H,2,19H2,1H3,(H,20,21). The molecule has 21 heavy (non-hydrogen) atoms. The summed E-state index contributed by atoms with van der Waals surface area (Å²) in [5.41, 5.74) is 8.85. The Morgan fingerprint density at radius 2 is 1.95 bits per heavy atom. The molecule has 2 atom stereocenters. The highest BCUT2D eigenvalue weighted by Crippen LogP contribution is 2.38. The molecule has 1 aliphatic heterocycles. The van der Waals surface area contributed by atoms with Gasteiger partial charge in [-0.1, -0.05) is 43.3 Å². The lowest BCUT2D eigenvalue weighted by Gasteiger charge is -2.15. The SMILES string of the molecule is CCC1C(=O)Nc2c(F)cc(C(N)c3ccccc3)cc21. The third-order valence-corrected chi connectivity index (χ3v) is 4.01. The number of anilines is 1. The van der Waals surface area contributed by atoms with Crippen molar-refractivity contribution in [1.29, 1.82) is 0 Å². The van der Waals surface area contributed by atoms with Crippen LogP contribution in [0.3, 0.4) is 0 Å². The summed E-state index contributed by atoms with van der Waals surface area (Å²) in [6.07, 6.45) is 0.641. The van der Waals surface area contributed by atoms with Gasteiger partial charge in [0.1, 0.15) is 5.82 Å². The minimum absolute atomic E-state index is 0.142. The van der Waals surface area contributed by atoms with E-state index in [0.29, 0.717) is 23.2 Å². The molecule has 4 heteroatoms. The van der Waals surface area contributed by atoms with E-state index in [1.807, 2.05) is 43.3 Å². The van der Waals surface area contributed by atoms with E-state index < -0.39 is 11.9 Å². The van der Waals surface area contributed by atoms with Crippen LogP contribution in [0.5, 0.6) is 0 Å². The molecule has 3 nitrogen and oxygen atoms in total. The van der Waals surface area contributed by atoms with Gasteiger partial charge in [-0.25, -0.2) is 4.39 Å². The number of nitrogens with one attached hydrogen (secondary N) is 1. The lowest BCUT2D eigenvalue weighted by molar-refractivity contribution is -0.117. The van der Waals surface area contributed by atoms with E-state index in [2.05, 4.69) is 5.32 Å². The summed E-state index contributed by atoms with van der Waals surface area (Å²) in [4.78, 5) is 11.9. The summed E-state index contributed by atoms with van der Waals surface area (Å²) < 4.78 is 14.2. The zero-order valence-electron chi connectivity index (χ0n) is 11.8. The number of hydrogen-bond donors (Lipinski definition) is 2. The number of fused-ring (bicyclic) bond motifs is 1. The molecule has 0 bridgehead atoms. The second kappa shape index (κ2) is 5.30. The van der Waals surface area contributed by atoms with Crippen molar-refractivity contribution in [1.82, 2.24) is 0 Å². The molecule has 1 heterocycles. The van der Waals surface area contributed by atoms with E-state index in [-0.39, 0.29) is 11.8 Å². The summed E-state index contributed by atoms with van der Waals surface area (Å²) in [6, 6.07) is 12.4. The normalized spacial score (nSPS) is 18.2. The van der Waals surface area contributed by atoms with Gasteiger partial charge in [0.15, 0.2) is 0 Å². The first kappa shape index (κ1) is 13.8. The molecule has 3 rings (SSSR count). The van der Waals surface area contributed by atoms with Crippen LogP contribution in [0, 0.1) is 5.82 Å². The Balaban J connectivity index is 2.05. The van der Waals surface area contributed by atoms with Crippen molar-refractivity contribution in [2.45, 2.75) is 25.3 Å². The van der Waals surface area contributed by atoms with Crippen LogP contribution in [-0.4, -0.2) is 5.91 Å². The fourth-order valence-corrected chi connectivity index (χ4v) is 2.85. The molecule has 0 aliphatic carbocycles. The maximum absolute atomic E-state index is 14.2. The number of rotatable bonds is 3. The van der Waals surface area contributed by atoms with Gasteiger partial charge >= 0.3 is 0 Å². The molecule has 2 aromatic carbocycles. The summed E-state index contributed by atoms with van der Waals surface area (Å²) in [5, 5.41) is 2.62. The minimum atomic E-state index is -0.418. The third-order valence-electron chi connectivity index (χ3n) is 4.01. The summed E-state index contributed by atoms with van der Waals surface area (Å²) in [6.45, 7) is 1.92. The van der Waals surface area contributed by atoms with Crippen LogP contribution in [-0.2, 0) is 4.79 Å². The zero-order valence-corrected chi connectivity index (χ0v) is 11.8. The molecule has 2 unspecified atom stereocenters. The van der Waals surface area contributed by atoms with Crippen molar-refractivity contribution < 1.29 is 9.18 Å². The summed E-state index contributed by atoms with van der Waals surface area (Å²) in [5.74, 6) is -0.854. The van der Waals surface area contributed by atoms with Crippen molar-refractivity contribution in [2.75, 3.05) is 5.32 Å². The molecule has 1 amide bonds. The van der Waals surface area contributed by atoms with Gasteiger partial charge in [-0.3, -0.25) is 4.79 Å². The average Bonchev–Trinajstić information content (AvgIpc) is 2.83. The van der Waals surface area contributed by atoms with E-state index in [9.17, 15) is 9.18 Å². The average molecular weight is 284 g/mol. The highest BCUT2D eigenvalue weighted by molar-refractivity contribution is 6.03. The molecule has 1 aliphatic rings.